The Balaban J connectivity index is 1.45. The molecule has 1 amide bonds. The highest BCUT2D eigenvalue weighted by Crippen LogP contribution is 2.45. The summed E-state index contributed by atoms with van der Waals surface area (Å²) >= 11 is 12.0. The van der Waals surface area contributed by atoms with Crippen molar-refractivity contribution < 1.29 is 27.4 Å². The lowest BCUT2D eigenvalue weighted by Gasteiger charge is -2.33. The maximum atomic E-state index is 13.9. The first-order valence-corrected chi connectivity index (χ1v) is 10.5. The van der Waals surface area contributed by atoms with Crippen LogP contribution in [0.5, 0.6) is 11.5 Å². The fourth-order valence-corrected chi connectivity index (χ4v) is 4.15. The molecule has 5 rings (SSSR count). The molecular formula is C21H15Cl2F3N4O3. The van der Waals surface area contributed by atoms with Gasteiger partial charge in [-0.1, -0.05) is 29.3 Å². The third kappa shape index (κ3) is 4.16. The summed E-state index contributed by atoms with van der Waals surface area (Å²) in [7, 11) is 0. The zero-order valence-electron chi connectivity index (χ0n) is 16.6. The number of ether oxygens (including phenoxy) is 2. The van der Waals surface area contributed by atoms with Gasteiger partial charge in [-0.2, -0.15) is 18.3 Å². The molecule has 33 heavy (non-hydrogen) atoms. The Hall–Kier alpha value is -3.11. The van der Waals surface area contributed by atoms with Gasteiger partial charge in [0.05, 0.1) is 16.8 Å². The summed E-state index contributed by atoms with van der Waals surface area (Å²) in [6.45, 7) is 0.0595. The molecule has 2 N–H and O–H groups in total. The highest BCUT2D eigenvalue weighted by Gasteiger charge is 2.47. The zero-order valence-corrected chi connectivity index (χ0v) is 18.1. The first-order valence-electron chi connectivity index (χ1n) is 9.78. The largest absolute Gasteiger partial charge is 0.454 e. The average molecular weight is 499 g/mol. The Morgan fingerprint density at radius 1 is 1.12 bits per heavy atom. The van der Waals surface area contributed by atoms with Crippen LogP contribution in [0.25, 0.3) is 0 Å². The van der Waals surface area contributed by atoms with Crippen LogP contribution in [0.4, 0.5) is 24.7 Å². The second-order valence-electron chi connectivity index (χ2n) is 7.54. The summed E-state index contributed by atoms with van der Waals surface area (Å²) in [5, 5.41) is 10.1. The monoisotopic (exact) mass is 498 g/mol. The van der Waals surface area contributed by atoms with E-state index in [9.17, 15) is 18.0 Å². The van der Waals surface area contributed by atoms with E-state index in [0.29, 0.717) is 22.1 Å². The molecule has 0 bridgehead atoms. The van der Waals surface area contributed by atoms with E-state index < -0.39 is 24.2 Å². The van der Waals surface area contributed by atoms with Crippen molar-refractivity contribution in [2.24, 2.45) is 0 Å². The molecule has 7 nitrogen and oxygen atoms in total. The number of hydrogen-bond acceptors (Lipinski definition) is 5. The lowest BCUT2D eigenvalue weighted by atomic mass is 9.96. The minimum absolute atomic E-state index is 0.0595. The van der Waals surface area contributed by atoms with E-state index in [4.69, 9.17) is 32.7 Å². The quantitative estimate of drug-likeness (QED) is 0.474. The van der Waals surface area contributed by atoms with Crippen LogP contribution >= 0.6 is 23.2 Å². The Morgan fingerprint density at radius 2 is 1.91 bits per heavy atom. The minimum atomic E-state index is -4.58. The molecule has 3 aromatic rings. The van der Waals surface area contributed by atoms with E-state index in [1.807, 2.05) is 0 Å². The second kappa shape index (κ2) is 8.03. The molecule has 2 aliphatic heterocycles. The molecule has 172 valence electrons. The van der Waals surface area contributed by atoms with Crippen LogP contribution < -0.4 is 20.1 Å². The van der Waals surface area contributed by atoms with Gasteiger partial charge in [0, 0.05) is 17.5 Å². The van der Waals surface area contributed by atoms with Crippen molar-refractivity contribution in [3.63, 3.8) is 0 Å². The molecule has 2 aliphatic rings. The van der Waals surface area contributed by atoms with Crippen molar-refractivity contribution >= 4 is 40.6 Å². The number of nitrogens with one attached hydrogen (secondary N) is 2. The number of rotatable bonds is 3. The van der Waals surface area contributed by atoms with E-state index in [1.165, 1.54) is 18.2 Å². The number of carbonyl (C=O) groups is 1. The van der Waals surface area contributed by atoms with Crippen LogP contribution in [0, 0.1) is 0 Å². The molecule has 0 spiro atoms. The van der Waals surface area contributed by atoms with Crippen molar-refractivity contribution in [2.75, 3.05) is 17.4 Å². The smallest absolute Gasteiger partial charge is 0.410 e. The Morgan fingerprint density at radius 3 is 2.70 bits per heavy atom. The number of fused-ring (bicyclic) bond motifs is 2. The van der Waals surface area contributed by atoms with Gasteiger partial charge >= 0.3 is 6.18 Å². The summed E-state index contributed by atoms with van der Waals surface area (Å²) in [6, 6.07) is 8.11. The van der Waals surface area contributed by atoms with Crippen LogP contribution in [0.3, 0.4) is 0 Å². The highest BCUT2D eigenvalue weighted by atomic mass is 35.5. The van der Waals surface area contributed by atoms with Gasteiger partial charge in [0.2, 0.25) is 6.79 Å². The molecule has 2 aromatic carbocycles. The fourth-order valence-electron chi connectivity index (χ4n) is 3.81. The summed E-state index contributed by atoms with van der Waals surface area (Å²) in [4.78, 5) is 12.7. The van der Waals surface area contributed by atoms with Gasteiger partial charge in [-0.15, -0.1) is 0 Å². The number of nitrogens with zero attached hydrogens (tertiary/aromatic N) is 2. The molecule has 0 aliphatic carbocycles. The SMILES string of the molecule is O=C(Nc1cc(Cl)ccc1Cl)c1cc2n(n1)[C@H](C(F)(F)F)C[C@@H](c1ccc3c(c1)OCO3)N2. The molecule has 0 saturated carbocycles. The Labute approximate surface area is 195 Å². The first kappa shape index (κ1) is 21.7. The summed E-state index contributed by atoms with van der Waals surface area (Å²) in [5.74, 6) is 0.345. The van der Waals surface area contributed by atoms with E-state index in [0.717, 1.165) is 4.68 Å². The predicted molar refractivity (Wildman–Crippen MR) is 115 cm³/mol. The van der Waals surface area contributed by atoms with Crippen molar-refractivity contribution in [3.05, 3.63) is 63.8 Å². The van der Waals surface area contributed by atoms with Crippen molar-refractivity contribution in [1.29, 1.82) is 0 Å². The van der Waals surface area contributed by atoms with Crippen LogP contribution in [-0.2, 0) is 0 Å². The van der Waals surface area contributed by atoms with E-state index in [1.54, 1.807) is 24.3 Å². The molecule has 0 radical (unpaired) electrons. The van der Waals surface area contributed by atoms with Gasteiger partial charge in [-0.25, -0.2) is 4.68 Å². The van der Waals surface area contributed by atoms with Gasteiger partial charge in [0.1, 0.15) is 5.82 Å². The highest BCUT2D eigenvalue weighted by molar-refractivity contribution is 6.35. The standard InChI is InChI=1S/C21H15Cl2F3N4O3/c22-11-2-3-12(23)14(6-11)28-20(31)15-8-19-27-13(7-18(21(24,25)26)30(19)29-15)10-1-4-16-17(5-10)33-9-32-16/h1-6,8,13,18,27H,7,9H2,(H,28,31)/t13-,18-/m0/s1. The number of aromatic nitrogens is 2. The molecule has 0 saturated heterocycles. The van der Waals surface area contributed by atoms with Gasteiger partial charge in [0.25, 0.3) is 5.91 Å². The van der Waals surface area contributed by atoms with Crippen LogP contribution in [0.1, 0.15) is 34.6 Å². The molecule has 1 aromatic heterocycles. The minimum Gasteiger partial charge on any atom is -0.454 e. The van der Waals surface area contributed by atoms with Gasteiger partial charge in [-0.3, -0.25) is 4.79 Å². The second-order valence-corrected chi connectivity index (χ2v) is 8.38. The van der Waals surface area contributed by atoms with Gasteiger partial charge < -0.3 is 20.1 Å². The Bertz CT molecular complexity index is 1250. The van der Waals surface area contributed by atoms with E-state index in [-0.39, 0.29) is 35.4 Å². The Kier molecular flexibility index (Phi) is 5.29. The van der Waals surface area contributed by atoms with Crippen molar-refractivity contribution in [1.82, 2.24) is 9.78 Å². The molecule has 0 fully saturated rings. The number of carbonyl (C=O) groups excluding carboxylic acids is 1. The molecule has 2 atom stereocenters. The third-order valence-corrected chi connectivity index (χ3v) is 5.96. The van der Waals surface area contributed by atoms with Crippen LogP contribution in [-0.4, -0.2) is 28.7 Å². The van der Waals surface area contributed by atoms with Crippen molar-refractivity contribution in [3.8, 4) is 11.5 Å². The summed E-state index contributed by atoms with van der Waals surface area (Å²) in [6.07, 6.45) is -4.90. The van der Waals surface area contributed by atoms with Gasteiger partial charge in [-0.05, 0) is 35.9 Å². The zero-order chi connectivity index (χ0) is 23.3. The lowest BCUT2D eigenvalue weighted by Crippen LogP contribution is -2.35. The van der Waals surface area contributed by atoms with Crippen LogP contribution in [0.15, 0.2) is 42.5 Å². The number of amides is 1. The number of hydrogen-bond donors (Lipinski definition) is 2. The van der Waals surface area contributed by atoms with E-state index in [2.05, 4.69) is 15.7 Å². The van der Waals surface area contributed by atoms with E-state index >= 15 is 0 Å². The average Bonchev–Trinajstić information content (AvgIpc) is 3.41. The number of halogens is 5. The lowest BCUT2D eigenvalue weighted by molar-refractivity contribution is -0.173. The number of benzene rings is 2. The van der Waals surface area contributed by atoms with Crippen LogP contribution in [0.2, 0.25) is 10.0 Å². The molecule has 3 heterocycles. The topological polar surface area (TPSA) is 77.4 Å². The molecular weight excluding hydrogens is 484 g/mol. The summed E-state index contributed by atoms with van der Waals surface area (Å²) in [5.41, 5.74) is 0.616. The third-order valence-electron chi connectivity index (χ3n) is 5.40. The normalized spacial score (nSPS) is 19.1. The fraction of sp³-hybridized carbons (Fsp3) is 0.238. The molecule has 0 unspecified atom stereocenters. The summed E-state index contributed by atoms with van der Waals surface area (Å²) < 4.78 is 53.1. The predicted octanol–water partition coefficient (Wildman–Crippen LogP) is 5.83. The van der Waals surface area contributed by atoms with Gasteiger partial charge in [0.15, 0.2) is 23.2 Å². The maximum absolute atomic E-state index is 13.9. The van der Waals surface area contributed by atoms with Crippen molar-refractivity contribution in [2.45, 2.75) is 24.7 Å². The first-order chi connectivity index (χ1) is 15.7. The molecule has 12 heteroatoms. The number of anilines is 2. The maximum Gasteiger partial charge on any atom is 0.410 e. The number of alkyl halides is 3.